The maximum Gasteiger partial charge on any atom is 0.231 e. The first-order valence-electron chi connectivity index (χ1n) is 8.01. The quantitative estimate of drug-likeness (QED) is 0.844. The van der Waals surface area contributed by atoms with Crippen LogP contribution in [0.5, 0.6) is 0 Å². The maximum absolute atomic E-state index is 12.6. The average molecular weight is 284 g/mol. The lowest BCUT2D eigenvalue weighted by molar-refractivity contribution is -0.118. The van der Waals surface area contributed by atoms with Gasteiger partial charge >= 0.3 is 0 Å². The van der Waals surface area contributed by atoms with Gasteiger partial charge in [-0.1, -0.05) is 25.1 Å². The molecule has 0 saturated carbocycles. The van der Waals surface area contributed by atoms with E-state index >= 15 is 0 Å². The summed E-state index contributed by atoms with van der Waals surface area (Å²) in [6.07, 6.45) is 7.25. The van der Waals surface area contributed by atoms with Gasteiger partial charge in [0.1, 0.15) is 0 Å². The van der Waals surface area contributed by atoms with Crippen LogP contribution in [0.3, 0.4) is 0 Å². The standard InChI is InChI=1S/C18H24N2O/c1-3-7-18(21)20(14-8-5-4-6-9-14)17-12-15-10-11-16(13-17)19(15)2/h4-6,8-9,12,15-16H,3,7,10-11,13H2,1-2H3/t15-,16+/m1/s1. The van der Waals surface area contributed by atoms with Gasteiger partial charge in [0.2, 0.25) is 5.91 Å². The smallest absolute Gasteiger partial charge is 0.231 e. The van der Waals surface area contributed by atoms with Crippen molar-refractivity contribution in [1.82, 2.24) is 4.90 Å². The number of benzene rings is 1. The van der Waals surface area contributed by atoms with E-state index in [4.69, 9.17) is 0 Å². The van der Waals surface area contributed by atoms with E-state index in [1.54, 1.807) is 0 Å². The molecule has 2 atom stereocenters. The molecule has 3 heteroatoms. The molecule has 1 amide bonds. The van der Waals surface area contributed by atoms with E-state index in [2.05, 4.69) is 24.9 Å². The Balaban J connectivity index is 1.93. The zero-order chi connectivity index (χ0) is 14.8. The molecule has 1 fully saturated rings. The van der Waals surface area contributed by atoms with Crippen molar-refractivity contribution in [2.24, 2.45) is 0 Å². The van der Waals surface area contributed by atoms with Crippen molar-refractivity contribution in [2.75, 3.05) is 11.9 Å². The van der Waals surface area contributed by atoms with Gasteiger partial charge in [-0.3, -0.25) is 14.6 Å². The van der Waals surface area contributed by atoms with Gasteiger partial charge in [0, 0.05) is 36.3 Å². The molecule has 2 heterocycles. The van der Waals surface area contributed by atoms with Crippen LogP contribution in [-0.2, 0) is 4.79 Å². The van der Waals surface area contributed by atoms with Crippen LogP contribution in [0, 0.1) is 0 Å². The summed E-state index contributed by atoms with van der Waals surface area (Å²) in [4.78, 5) is 17.0. The summed E-state index contributed by atoms with van der Waals surface area (Å²) in [6.45, 7) is 2.06. The second kappa shape index (κ2) is 6.02. The number of likely N-dealkylation sites (N-methyl/N-ethyl adjacent to an activating group) is 1. The van der Waals surface area contributed by atoms with Crippen molar-refractivity contribution < 1.29 is 4.79 Å². The Labute approximate surface area is 127 Å². The molecule has 2 aliphatic rings. The summed E-state index contributed by atoms with van der Waals surface area (Å²) >= 11 is 0. The van der Waals surface area contributed by atoms with E-state index in [9.17, 15) is 4.79 Å². The third-order valence-corrected chi connectivity index (χ3v) is 4.74. The maximum atomic E-state index is 12.6. The molecule has 0 spiro atoms. The molecular formula is C18H24N2O. The van der Waals surface area contributed by atoms with Crippen molar-refractivity contribution in [3.8, 4) is 0 Å². The van der Waals surface area contributed by atoms with Crippen LogP contribution in [-0.4, -0.2) is 29.9 Å². The highest BCUT2D eigenvalue weighted by molar-refractivity contribution is 5.96. The van der Waals surface area contributed by atoms with E-state index in [0.717, 1.165) is 18.5 Å². The van der Waals surface area contributed by atoms with Crippen LogP contribution in [0.15, 0.2) is 42.1 Å². The number of hydrogen-bond donors (Lipinski definition) is 0. The van der Waals surface area contributed by atoms with E-state index in [1.807, 2.05) is 35.2 Å². The molecule has 3 nitrogen and oxygen atoms in total. The van der Waals surface area contributed by atoms with Gasteiger partial charge in [0.15, 0.2) is 0 Å². The van der Waals surface area contributed by atoms with Crippen LogP contribution in [0.2, 0.25) is 0 Å². The second-order valence-corrected chi connectivity index (χ2v) is 6.14. The van der Waals surface area contributed by atoms with Crippen molar-refractivity contribution >= 4 is 11.6 Å². The molecule has 0 radical (unpaired) electrons. The molecule has 0 aromatic heterocycles. The summed E-state index contributed by atoms with van der Waals surface area (Å²) in [5.41, 5.74) is 2.21. The number of carbonyl (C=O) groups excluding carboxylic acids is 1. The first-order chi connectivity index (χ1) is 10.2. The lowest BCUT2D eigenvalue weighted by Crippen LogP contribution is -2.40. The molecule has 1 aromatic rings. The molecule has 0 N–H and O–H groups in total. The van der Waals surface area contributed by atoms with Gasteiger partial charge in [-0.15, -0.1) is 0 Å². The first-order valence-corrected chi connectivity index (χ1v) is 8.01. The molecule has 1 saturated heterocycles. The van der Waals surface area contributed by atoms with Gasteiger partial charge in [0.25, 0.3) is 0 Å². The lowest BCUT2D eigenvalue weighted by atomic mass is 10.0. The molecule has 21 heavy (non-hydrogen) atoms. The Morgan fingerprint density at radius 1 is 1.29 bits per heavy atom. The Kier molecular flexibility index (Phi) is 4.11. The number of amides is 1. The third-order valence-electron chi connectivity index (χ3n) is 4.74. The number of anilines is 1. The predicted molar refractivity (Wildman–Crippen MR) is 86.1 cm³/mol. The van der Waals surface area contributed by atoms with Crippen LogP contribution in [0.25, 0.3) is 0 Å². The molecule has 0 unspecified atom stereocenters. The monoisotopic (exact) mass is 284 g/mol. The van der Waals surface area contributed by atoms with Crippen LogP contribution in [0.4, 0.5) is 5.69 Å². The Morgan fingerprint density at radius 2 is 2.05 bits per heavy atom. The fraction of sp³-hybridized carbons (Fsp3) is 0.500. The fourth-order valence-electron chi connectivity index (χ4n) is 3.56. The molecule has 2 aliphatic heterocycles. The zero-order valence-electron chi connectivity index (χ0n) is 13.0. The number of nitrogens with zero attached hydrogens (tertiary/aromatic N) is 2. The van der Waals surface area contributed by atoms with Crippen LogP contribution < -0.4 is 4.90 Å². The predicted octanol–water partition coefficient (Wildman–Crippen LogP) is 3.57. The Morgan fingerprint density at radius 3 is 2.71 bits per heavy atom. The Bertz CT molecular complexity index is 537. The largest absolute Gasteiger partial charge is 0.297 e. The van der Waals surface area contributed by atoms with Gasteiger partial charge < -0.3 is 0 Å². The fourth-order valence-corrected chi connectivity index (χ4v) is 3.56. The first kappa shape index (κ1) is 14.3. The highest BCUT2D eigenvalue weighted by Crippen LogP contribution is 2.36. The number of rotatable bonds is 4. The summed E-state index contributed by atoms with van der Waals surface area (Å²) in [5.74, 6) is 0.221. The number of hydrogen-bond acceptors (Lipinski definition) is 2. The van der Waals surface area contributed by atoms with Crippen LogP contribution >= 0.6 is 0 Å². The van der Waals surface area contributed by atoms with Crippen molar-refractivity contribution in [3.63, 3.8) is 0 Å². The average Bonchev–Trinajstić information content (AvgIpc) is 2.71. The topological polar surface area (TPSA) is 23.6 Å². The minimum atomic E-state index is 0.221. The van der Waals surface area contributed by atoms with Crippen molar-refractivity contribution in [1.29, 1.82) is 0 Å². The number of fused-ring (bicyclic) bond motifs is 2. The van der Waals surface area contributed by atoms with Gasteiger partial charge in [-0.25, -0.2) is 0 Å². The van der Waals surface area contributed by atoms with Crippen molar-refractivity contribution in [3.05, 3.63) is 42.1 Å². The number of para-hydroxylation sites is 1. The highest BCUT2D eigenvalue weighted by Gasteiger charge is 2.36. The van der Waals surface area contributed by atoms with Gasteiger partial charge in [-0.05, 0) is 44.5 Å². The minimum Gasteiger partial charge on any atom is -0.297 e. The SMILES string of the molecule is CCCC(=O)N(C1=C[C@H]2CC[C@@H](C1)N2C)c1ccccc1. The second-order valence-electron chi connectivity index (χ2n) is 6.14. The summed E-state index contributed by atoms with van der Waals surface area (Å²) < 4.78 is 0. The summed E-state index contributed by atoms with van der Waals surface area (Å²) in [5, 5.41) is 0. The molecule has 112 valence electrons. The Hall–Kier alpha value is -1.61. The third kappa shape index (κ3) is 2.75. The lowest BCUT2D eigenvalue weighted by Gasteiger charge is -2.35. The highest BCUT2D eigenvalue weighted by atomic mass is 16.2. The molecule has 1 aromatic carbocycles. The van der Waals surface area contributed by atoms with E-state index in [-0.39, 0.29) is 5.91 Å². The number of carbonyl (C=O) groups is 1. The summed E-state index contributed by atoms with van der Waals surface area (Å²) in [6, 6.07) is 11.2. The zero-order valence-corrected chi connectivity index (χ0v) is 13.0. The van der Waals surface area contributed by atoms with Gasteiger partial charge in [-0.2, -0.15) is 0 Å². The van der Waals surface area contributed by atoms with Gasteiger partial charge in [0.05, 0.1) is 0 Å². The van der Waals surface area contributed by atoms with E-state index < -0.39 is 0 Å². The molecule has 2 bridgehead atoms. The van der Waals surface area contributed by atoms with E-state index in [1.165, 1.54) is 18.5 Å². The normalized spacial score (nSPS) is 24.8. The molecule has 0 aliphatic carbocycles. The van der Waals surface area contributed by atoms with Crippen molar-refractivity contribution in [2.45, 2.75) is 51.1 Å². The van der Waals surface area contributed by atoms with E-state index in [0.29, 0.717) is 18.5 Å². The molecular weight excluding hydrogens is 260 g/mol. The minimum absolute atomic E-state index is 0.221. The van der Waals surface area contributed by atoms with Crippen LogP contribution in [0.1, 0.15) is 39.0 Å². The summed E-state index contributed by atoms with van der Waals surface area (Å²) in [7, 11) is 2.20. The molecule has 3 rings (SSSR count).